The maximum absolute atomic E-state index is 10.7. The van der Waals surface area contributed by atoms with Crippen molar-refractivity contribution in [1.29, 1.82) is 0 Å². The van der Waals surface area contributed by atoms with E-state index in [9.17, 15) is 9.90 Å². The maximum Gasteiger partial charge on any atom is 0.329 e. The molecule has 174 valence electrons. The number of hydrogen-bond donors (Lipinski definition) is 2. The summed E-state index contributed by atoms with van der Waals surface area (Å²) in [6.07, 6.45) is 6.33. The third-order valence-corrected chi connectivity index (χ3v) is 7.06. The van der Waals surface area contributed by atoms with Gasteiger partial charge >= 0.3 is 5.97 Å². The number of phenols is 1. The van der Waals surface area contributed by atoms with Gasteiger partial charge < -0.3 is 14.9 Å². The molecule has 1 aliphatic rings. The average molecular weight is 467 g/mol. The summed E-state index contributed by atoms with van der Waals surface area (Å²) in [6, 6.07) is 17.6. The molecule has 4 rings (SSSR count). The molecule has 0 atom stereocenters. The number of rotatable bonds is 9. The number of carbonyl (C=O) groups is 1. The molecule has 0 bridgehead atoms. The Morgan fingerprint density at radius 3 is 2.42 bits per heavy atom. The molecule has 0 spiro atoms. The van der Waals surface area contributed by atoms with Gasteiger partial charge in [-0.15, -0.1) is 11.8 Å². The average Bonchev–Trinajstić information content (AvgIpc) is 3.18. The van der Waals surface area contributed by atoms with Crippen molar-refractivity contribution in [3.8, 4) is 28.1 Å². The number of phenolic OH excluding ortho intramolecular Hbond substituents is 1. The second kappa shape index (κ2) is 10.9. The van der Waals surface area contributed by atoms with E-state index < -0.39 is 5.97 Å². The summed E-state index contributed by atoms with van der Waals surface area (Å²) in [5.41, 5.74) is 4.01. The Bertz CT molecular complexity index is 1080. The van der Waals surface area contributed by atoms with Gasteiger partial charge in [-0.3, -0.25) is 4.68 Å². The fourth-order valence-corrected chi connectivity index (χ4v) is 5.38. The number of aliphatic carboxylic acids is 1. The molecular formula is C26H30N2O4S. The molecule has 6 nitrogen and oxygen atoms in total. The van der Waals surface area contributed by atoms with Crippen LogP contribution in [0.1, 0.15) is 25.7 Å². The zero-order valence-corrected chi connectivity index (χ0v) is 19.6. The smallest absolute Gasteiger partial charge is 0.329 e. The molecule has 0 amide bonds. The largest absolute Gasteiger partial charge is 0.508 e. The molecule has 1 saturated carbocycles. The first-order valence-corrected chi connectivity index (χ1v) is 12.6. The van der Waals surface area contributed by atoms with Gasteiger partial charge in [-0.2, -0.15) is 5.10 Å². The molecule has 3 aromatic rings. The summed E-state index contributed by atoms with van der Waals surface area (Å²) in [5, 5.41) is 25.0. The summed E-state index contributed by atoms with van der Waals surface area (Å²) in [5.74, 6) is 0.284. The van der Waals surface area contributed by atoms with E-state index in [4.69, 9.17) is 14.9 Å². The van der Waals surface area contributed by atoms with E-state index in [0.717, 1.165) is 59.6 Å². The summed E-state index contributed by atoms with van der Waals surface area (Å²) < 4.78 is 7.45. The van der Waals surface area contributed by atoms with Gasteiger partial charge in [0.05, 0.1) is 6.61 Å². The first kappa shape index (κ1) is 23.4. The van der Waals surface area contributed by atoms with Crippen molar-refractivity contribution in [2.24, 2.45) is 11.8 Å². The first-order chi connectivity index (χ1) is 16.0. The fourth-order valence-electron chi connectivity index (χ4n) is 4.64. The van der Waals surface area contributed by atoms with Crippen LogP contribution in [0, 0.1) is 11.8 Å². The number of benzene rings is 2. The van der Waals surface area contributed by atoms with Crippen LogP contribution in [0.15, 0.2) is 59.6 Å². The van der Waals surface area contributed by atoms with Crippen molar-refractivity contribution in [2.45, 2.75) is 37.3 Å². The predicted molar refractivity (Wildman–Crippen MR) is 130 cm³/mol. The molecule has 0 saturated heterocycles. The van der Waals surface area contributed by atoms with Crippen LogP contribution in [0.2, 0.25) is 0 Å². The zero-order chi connectivity index (χ0) is 23.2. The van der Waals surface area contributed by atoms with Crippen LogP contribution in [0.25, 0.3) is 22.4 Å². The molecule has 7 heteroatoms. The third kappa shape index (κ3) is 5.78. The number of aromatic nitrogens is 2. The van der Waals surface area contributed by atoms with Crippen molar-refractivity contribution in [2.75, 3.05) is 19.5 Å². The topological polar surface area (TPSA) is 84.6 Å². The molecule has 1 heterocycles. The number of ether oxygens (including phenoxy) is 1. The Labute approximate surface area is 198 Å². The molecule has 2 N–H and O–H groups in total. The van der Waals surface area contributed by atoms with Crippen molar-refractivity contribution >= 4 is 17.7 Å². The zero-order valence-electron chi connectivity index (χ0n) is 18.8. The minimum atomic E-state index is -0.913. The van der Waals surface area contributed by atoms with Crippen LogP contribution in [-0.4, -0.2) is 45.4 Å². The highest BCUT2D eigenvalue weighted by atomic mass is 32.2. The van der Waals surface area contributed by atoms with E-state index in [1.165, 1.54) is 0 Å². The van der Waals surface area contributed by atoms with Gasteiger partial charge in [0.2, 0.25) is 0 Å². The lowest BCUT2D eigenvalue weighted by Gasteiger charge is -2.28. The van der Waals surface area contributed by atoms with E-state index >= 15 is 0 Å². The van der Waals surface area contributed by atoms with Gasteiger partial charge in [-0.05, 0) is 61.5 Å². The summed E-state index contributed by atoms with van der Waals surface area (Å²) >= 11 is 1.68. The SMILES string of the molecule is CSc1c(-c2cccc(O)c2)c(-c2ccccc2)nn1C[C@H]1CC[C@H](COCC(=O)O)CC1. The lowest BCUT2D eigenvalue weighted by Crippen LogP contribution is -2.23. The molecule has 1 aromatic heterocycles. The van der Waals surface area contributed by atoms with Crippen LogP contribution in [0.5, 0.6) is 5.75 Å². The van der Waals surface area contributed by atoms with Gasteiger partial charge in [0.1, 0.15) is 23.1 Å². The number of hydrogen-bond acceptors (Lipinski definition) is 5. The van der Waals surface area contributed by atoms with E-state index in [-0.39, 0.29) is 12.4 Å². The van der Waals surface area contributed by atoms with Gasteiger partial charge in [-0.25, -0.2) is 4.79 Å². The monoisotopic (exact) mass is 466 g/mol. The van der Waals surface area contributed by atoms with Crippen LogP contribution in [-0.2, 0) is 16.1 Å². The predicted octanol–water partition coefficient (Wildman–Crippen LogP) is 5.55. The van der Waals surface area contributed by atoms with E-state index in [2.05, 4.69) is 23.1 Å². The second-order valence-electron chi connectivity index (χ2n) is 8.63. The lowest BCUT2D eigenvalue weighted by atomic mass is 9.82. The third-order valence-electron chi connectivity index (χ3n) is 6.26. The lowest BCUT2D eigenvalue weighted by molar-refractivity contribution is -0.142. The highest BCUT2D eigenvalue weighted by Gasteiger charge is 2.26. The van der Waals surface area contributed by atoms with Crippen molar-refractivity contribution in [3.05, 3.63) is 54.6 Å². The van der Waals surface area contributed by atoms with E-state index in [1.807, 2.05) is 30.3 Å². The number of aromatic hydroxyl groups is 1. The van der Waals surface area contributed by atoms with Crippen molar-refractivity contribution in [1.82, 2.24) is 9.78 Å². The normalized spacial score (nSPS) is 18.3. The quantitative estimate of drug-likeness (QED) is 0.402. The first-order valence-electron chi connectivity index (χ1n) is 11.3. The molecular weight excluding hydrogens is 436 g/mol. The van der Waals surface area contributed by atoms with Crippen LogP contribution in [0.4, 0.5) is 0 Å². The van der Waals surface area contributed by atoms with E-state index in [0.29, 0.717) is 18.4 Å². The molecule has 2 aromatic carbocycles. The van der Waals surface area contributed by atoms with Crippen LogP contribution >= 0.6 is 11.8 Å². The Morgan fingerprint density at radius 1 is 1.06 bits per heavy atom. The molecule has 0 radical (unpaired) electrons. The second-order valence-corrected chi connectivity index (χ2v) is 9.42. The molecule has 33 heavy (non-hydrogen) atoms. The summed E-state index contributed by atoms with van der Waals surface area (Å²) in [4.78, 5) is 10.7. The number of thioether (sulfide) groups is 1. The number of carboxylic acids is 1. The Hall–Kier alpha value is -2.77. The standard InChI is InChI=1S/C26H30N2O4S/c1-33-26-24(21-8-5-9-22(29)14-21)25(20-6-3-2-4-7-20)27-28(26)15-18-10-12-19(13-11-18)16-32-17-23(30)31/h2-9,14,18-19,29H,10-13,15-17H2,1H3,(H,30,31)/t18-,19-. The number of carboxylic acid groups (broad SMARTS) is 1. The fraction of sp³-hybridized carbons (Fsp3) is 0.385. The van der Waals surface area contributed by atoms with Gasteiger partial charge in [-0.1, -0.05) is 42.5 Å². The van der Waals surface area contributed by atoms with Gasteiger partial charge in [0, 0.05) is 17.7 Å². The highest BCUT2D eigenvalue weighted by Crippen LogP contribution is 2.41. The molecule has 1 fully saturated rings. The minimum absolute atomic E-state index is 0.218. The van der Waals surface area contributed by atoms with Gasteiger partial charge in [0.25, 0.3) is 0 Å². The van der Waals surface area contributed by atoms with Crippen molar-refractivity contribution < 1.29 is 19.7 Å². The number of nitrogens with zero attached hydrogens (tertiary/aromatic N) is 2. The van der Waals surface area contributed by atoms with Gasteiger partial charge in [0.15, 0.2) is 0 Å². The highest BCUT2D eigenvalue weighted by molar-refractivity contribution is 7.98. The summed E-state index contributed by atoms with van der Waals surface area (Å²) in [7, 11) is 0. The molecule has 1 aliphatic carbocycles. The molecule has 0 aliphatic heterocycles. The Kier molecular flexibility index (Phi) is 7.73. The van der Waals surface area contributed by atoms with Crippen molar-refractivity contribution in [3.63, 3.8) is 0 Å². The Morgan fingerprint density at radius 2 is 1.76 bits per heavy atom. The van der Waals surface area contributed by atoms with Crippen LogP contribution < -0.4 is 0 Å². The van der Waals surface area contributed by atoms with E-state index in [1.54, 1.807) is 23.9 Å². The maximum atomic E-state index is 10.7. The Balaban J connectivity index is 1.56. The summed E-state index contributed by atoms with van der Waals surface area (Å²) in [6.45, 7) is 1.15. The van der Waals surface area contributed by atoms with Crippen LogP contribution in [0.3, 0.4) is 0 Å². The minimum Gasteiger partial charge on any atom is -0.508 e. The molecule has 0 unspecified atom stereocenters.